The Morgan fingerprint density at radius 2 is 0.667 bits per heavy atom. The Balaban J connectivity index is 4.37. The van der Waals surface area contributed by atoms with E-state index in [1.165, 1.54) is 116 Å². The van der Waals surface area contributed by atoms with Crippen molar-refractivity contribution in [2.24, 2.45) is 0 Å². The third-order valence-corrected chi connectivity index (χ3v) is 11.1. The molecule has 348 valence electrons. The Morgan fingerprint density at radius 1 is 0.350 bits per heavy atom. The quantitative estimate of drug-likeness (QED) is 0.0263. The second-order valence-corrected chi connectivity index (χ2v) is 17.1. The molecule has 0 unspecified atom stereocenters. The van der Waals surface area contributed by atoms with Crippen LogP contribution in [0.2, 0.25) is 0 Å². The van der Waals surface area contributed by atoms with Crippen LogP contribution in [-0.4, -0.2) is 37.2 Å². The third-order valence-electron chi connectivity index (χ3n) is 11.1. The molecule has 0 aliphatic rings. The molecule has 0 aliphatic heterocycles. The summed E-state index contributed by atoms with van der Waals surface area (Å²) in [5.41, 5.74) is 0. The van der Waals surface area contributed by atoms with Crippen LogP contribution in [0.25, 0.3) is 0 Å². The first-order valence-electron chi connectivity index (χ1n) is 25.6. The van der Waals surface area contributed by atoms with Gasteiger partial charge in [0.25, 0.3) is 0 Å². The Morgan fingerprint density at radius 3 is 1.08 bits per heavy atom. The van der Waals surface area contributed by atoms with E-state index < -0.39 is 6.10 Å². The number of allylic oxidation sites excluding steroid dienone is 8. The van der Waals surface area contributed by atoms with Gasteiger partial charge in [0.15, 0.2) is 6.10 Å². The topological polar surface area (TPSA) is 78.9 Å². The van der Waals surface area contributed by atoms with E-state index in [1.54, 1.807) is 0 Å². The lowest BCUT2D eigenvalue weighted by Crippen LogP contribution is -2.30. The molecule has 0 rings (SSSR count). The van der Waals surface area contributed by atoms with Crippen LogP contribution >= 0.6 is 0 Å². The van der Waals surface area contributed by atoms with E-state index in [4.69, 9.17) is 14.2 Å². The summed E-state index contributed by atoms with van der Waals surface area (Å²) < 4.78 is 16.8. The zero-order valence-corrected chi connectivity index (χ0v) is 39.7. The number of unbranched alkanes of at least 4 members (excludes halogenated alkanes) is 27. The number of carbonyl (C=O) groups is 3. The predicted octanol–water partition coefficient (Wildman–Crippen LogP) is 16.7. The van der Waals surface area contributed by atoms with E-state index in [-0.39, 0.29) is 31.1 Å². The zero-order chi connectivity index (χ0) is 43.7. The minimum atomic E-state index is -0.781. The monoisotopic (exact) mass is 841 g/mol. The Labute approximate surface area is 371 Å². The van der Waals surface area contributed by atoms with Crippen LogP contribution in [0.3, 0.4) is 0 Å². The number of esters is 3. The molecule has 0 aromatic heterocycles. The molecule has 0 saturated carbocycles. The largest absolute Gasteiger partial charge is 0.462 e. The summed E-state index contributed by atoms with van der Waals surface area (Å²) in [5, 5.41) is 0. The van der Waals surface area contributed by atoms with Gasteiger partial charge in [-0.15, -0.1) is 0 Å². The summed E-state index contributed by atoms with van der Waals surface area (Å²) in [6.45, 7) is 6.48. The molecule has 0 aliphatic carbocycles. The molecule has 0 fully saturated rings. The van der Waals surface area contributed by atoms with Crippen molar-refractivity contribution in [3.63, 3.8) is 0 Å². The summed E-state index contributed by atoms with van der Waals surface area (Å²) in [6, 6.07) is 0. The second kappa shape index (κ2) is 49.0. The lowest BCUT2D eigenvalue weighted by Gasteiger charge is -2.18. The molecule has 0 bridgehead atoms. The summed E-state index contributed by atoms with van der Waals surface area (Å²) in [5.74, 6) is -0.901. The van der Waals surface area contributed by atoms with Gasteiger partial charge in [0.05, 0.1) is 0 Å². The highest BCUT2D eigenvalue weighted by Gasteiger charge is 2.19. The number of carbonyl (C=O) groups excluding carboxylic acids is 3. The SMILES string of the molecule is CC/C=C\C/C=C\C/C=C\CCCCCCCC(=O)O[C@H](COC(=O)CCCCCCC/C=C\CCCC)COC(=O)CCCCCCCCCCCCCCCCCC. The van der Waals surface area contributed by atoms with Crippen LogP contribution in [0.15, 0.2) is 48.6 Å². The number of hydrogen-bond acceptors (Lipinski definition) is 6. The highest BCUT2D eigenvalue weighted by molar-refractivity contribution is 5.71. The summed E-state index contributed by atoms with van der Waals surface area (Å²) >= 11 is 0. The van der Waals surface area contributed by atoms with Gasteiger partial charge in [-0.25, -0.2) is 0 Å². The number of ether oxygens (including phenoxy) is 3. The summed E-state index contributed by atoms with van der Waals surface area (Å²) in [4.78, 5) is 37.9. The molecule has 60 heavy (non-hydrogen) atoms. The third kappa shape index (κ3) is 46.4. The van der Waals surface area contributed by atoms with Gasteiger partial charge in [-0.05, 0) is 70.6 Å². The molecule has 0 heterocycles. The molecule has 1 atom stereocenters. The van der Waals surface area contributed by atoms with Gasteiger partial charge in [0.2, 0.25) is 0 Å². The zero-order valence-electron chi connectivity index (χ0n) is 39.7. The predicted molar refractivity (Wildman–Crippen MR) is 256 cm³/mol. The Hall–Kier alpha value is -2.63. The molecule has 0 aromatic carbocycles. The van der Waals surface area contributed by atoms with Crippen molar-refractivity contribution in [1.29, 1.82) is 0 Å². The van der Waals surface area contributed by atoms with Crippen LogP contribution in [0.4, 0.5) is 0 Å². The van der Waals surface area contributed by atoms with E-state index in [0.717, 1.165) is 103 Å². The van der Waals surface area contributed by atoms with Crippen molar-refractivity contribution in [3.8, 4) is 0 Å². The van der Waals surface area contributed by atoms with Crippen LogP contribution in [0.1, 0.15) is 258 Å². The molecule has 0 saturated heterocycles. The summed E-state index contributed by atoms with van der Waals surface area (Å²) in [6.07, 6.45) is 58.1. The van der Waals surface area contributed by atoms with Crippen LogP contribution < -0.4 is 0 Å². The van der Waals surface area contributed by atoms with Crippen molar-refractivity contribution in [3.05, 3.63) is 48.6 Å². The van der Waals surface area contributed by atoms with E-state index in [1.807, 2.05) is 0 Å². The molecular weight excluding hydrogens is 745 g/mol. The smallest absolute Gasteiger partial charge is 0.306 e. The van der Waals surface area contributed by atoms with Gasteiger partial charge in [-0.2, -0.15) is 0 Å². The average molecular weight is 841 g/mol. The molecule has 6 nitrogen and oxygen atoms in total. The first kappa shape index (κ1) is 57.4. The van der Waals surface area contributed by atoms with Crippen molar-refractivity contribution in [1.82, 2.24) is 0 Å². The molecule has 0 aromatic rings. The van der Waals surface area contributed by atoms with Crippen LogP contribution in [-0.2, 0) is 28.6 Å². The van der Waals surface area contributed by atoms with Gasteiger partial charge in [-0.3, -0.25) is 14.4 Å². The normalized spacial score (nSPS) is 12.4. The maximum absolute atomic E-state index is 12.8. The fraction of sp³-hybridized carbons (Fsp3) is 0.796. The number of rotatable bonds is 46. The van der Waals surface area contributed by atoms with E-state index >= 15 is 0 Å². The summed E-state index contributed by atoms with van der Waals surface area (Å²) in [7, 11) is 0. The highest BCUT2D eigenvalue weighted by atomic mass is 16.6. The van der Waals surface area contributed by atoms with Crippen LogP contribution in [0, 0.1) is 0 Å². The lowest BCUT2D eigenvalue weighted by molar-refractivity contribution is -0.167. The van der Waals surface area contributed by atoms with E-state index in [2.05, 4.69) is 69.4 Å². The van der Waals surface area contributed by atoms with Crippen molar-refractivity contribution >= 4 is 17.9 Å². The highest BCUT2D eigenvalue weighted by Crippen LogP contribution is 2.15. The van der Waals surface area contributed by atoms with Gasteiger partial charge in [0, 0.05) is 19.3 Å². The van der Waals surface area contributed by atoms with Crippen molar-refractivity contribution in [2.45, 2.75) is 264 Å². The Kier molecular flexibility index (Phi) is 46.9. The maximum atomic E-state index is 12.8. The van der Waals surface area contributed by atoms with Gasteiger partial charge in [-0.1, -0.05) is 217 Å². The molecular formula is C54H96O6. The molecule has 0 amide bonds. The molecule has 0 N–H and O–H groups in total. The van der Waals surface area contributed by atoms with E-state index in [0.29, 0.717) is 19.3 Å². The number of hydrogen-bond donors (Lipinski definition) is 0. The lowest BCUT2D eigenvalue weighted by atomic mass is 10.0. The minimum Gasteiger partial charge on any atom is -0.462 e. The first-order chi connectivity index (χ1) is 29.5. The minimum absolute atomic E-state index is 0.0805. The van der Waals surface area contributed by atoms with Crippen molar-refractivity contribution < 1.29 is 28.6 Å². The maximum Gasteiger partial charge on any atom is 0.306 e. The van der Waals surface area contributed by atoms with Gasteiger partial charge >= 0.3 is 17.9 Å². The van der Waals surface area contributed by atoms with Gasteiger partial charge < -0.3 is 14.2 Å². The molecule has 6 heteroatoms. The fourth-order valence-electron chi connectivity index (χ4n) is 7.20. The van der Waals surface area contributed by atoms with Crippen molar-refractivity contribution in [2.75, 3.05) is 13.2 Å². The van der Waals surface area contributed by atoms with Crippen LogP contribution in [0.5, 0.6) is 0 Å². The second-order valence-electron chi connectivity index (χ2n) is 17.1. The van der Waals surface area contributed by atoms with Gasteiger partial charge in [0.1, 0.15) is 13.2 Å². The standard InChI is InChI=1S/C54H96O6/c1-4-7-10-13-16-19-22-24-26-28-29-32-35-38-41-44-47-53(56)59-50-51(49-58-52(55)46-43-40-37-34-31-21-18-15-12-9-6-3)60-54(57)48-45-42-39-36-33-30-27-25-23-20-17-14-11-8-5-2/h8,11,15,17-18,20,25,27,51H,4-7,9-10,12-14,16,19,21-24,26,28-50H2,1-3H3/b11-8-,18-15-,20-17-,27-25-/t51-/m1/s1. The molecule has 0 radical (unpaired) electrons. The van der Waals surface area contributed by atoms with E-state index in [9.17, 15) is 14.4 Å². The Bertz CT molecular complexity index is 1060. The first-order valence-corrected chi connectivity index (χ1v) is 25.6. The fourth-order valence-corrected chi connectivity index (χ4v) is 7.20. The molecule has 0 spiro atoms. The average Bonchev–Trinajstić information content (AvgIpc) is 3.24.